The number of nitrogens with two attached hydrogens (primary N) is 1. The van der Waals surface area contributed by atoms with Gasteiger partial charge >= 0.3 is 12.1 Å². The zero-order chi connectivity index (χ0) is 22.2. The molecule has 0 aliphatic carbocycles. The SMILES string of the molecule is CCOC(=O)c1c(NC(=O)C[NH2+]Cc2ccccc2)sc2c1CCN(C(=O)OCC)C2. The number of rotatable bonds is 8. The number of benzene rings is 1. The predicted octanol–water partition coefficient (Wildman–Crippen LogP) is 2.14. The predicted molar refractivity (Wildman–Crippen MR) is 117 cm³/mol. The molecular formula is C22H28N3O5S+. The number of hydrogen-bond acceptors (Lipinski definition) is 6. The topological polar surface area (TPSA) is 102 Å². The summed E-state index contributed by atoms with van der Waals surface area (Å²) in [6, 6.07) is 9.90. The first-order chi connectivity index (χ1) is 15.0. The van der Waals surface area contributed by atoms with E-state index in [1.165, 1.54) is 11.3 Å². The van der Waals surface area contributed by atoms with Gasteiger partial charge in [0.2, 0.25) is 0 Å². The normalized spacial score (nSPS) is 12.8. The molecular weight excluding hydrogens is 418 g/mol. The van der Waals surface area contributed by atoms with Crippen LogP contribution in [-0.4, -0.2) is 49.2 Å². The largest absolute Gasteiger partial charge is 0.462 e. The van der Waals surface area contributed by atoms with Gasteiger partial charge in [0, 0.05) is 17.0 Å². The van der Waals surface area contributed by atoms with E-state index < -0.39 is 5.97 Å². The Kier molecular flexibility index (Phi) is 8.02. The molecule has 2 aromatic rings. The summed E-state index contributed by atoms with van der Waals surface area (Å²) in [7, 11) is 0. The van der Waals surface area contributed by atoms with Crippen molar-refractivity contribution in [3.8, 4) is 0 Å². The van der Waals surface area contributed by atoms with E-state index in [2.05, 4.69) is 5.32 Å². The zero-order valence-electron chi connectivity index (χ0n) is 17.8. The number of quaternary nitrogens is 1. The molecule has 9 heteroatoms. The zero-order valence-corrected chi connectivity index (χ0v) is 18.6. The lowest BCUT2D eigenvalue weighted by Gasteiger charge is -2.26. The number of nitrogens with zero attached hydrogens (tertiary/aromatic N) is 1. The van der Waals surface area contributed by atoms with Gasteiger partial charge in [-0.1, -0.05) is 30.3 Å². The molecule has 0 saturated heterocycles. The summed E-state index contributed by atoms with van der Waals surface area (Å²) >= 11 is 1.32. The number of ether oxygens (including phenoxy) is 2. The summed E-state index contributed by atoms with van der Waals surface area (Å²) in [4.78, 5) is 39.7. The first-order valence-corrected chi connectivity index (χ1v) is 11.2. The van der Waals surface area contributed by atoms with Crippen LogP contribution in [-0.2, 0) is 33.8 Å². The van der Waals surface area contributed by atoms with Crippen molar-refractivity contribution >= 4 is 34.3 Å². The third kappa shape index (κ3) is 5.83. The van der Waals surface area contributed by atoms with E-state index in [1.54, 1.807) is 18.7 Å². The molecule has 1 aromatic heterocycles. The molecule has 0 spiro atoms. The van der Waals surface area contributed by atoms with E-state index >= 15 is 0 Å². The first kappa shape index (κ1) is 22.8. The minimum Gasteiger partial charge on any atom is -0.462 e. The lowest BCUT2D eigenvalue weighted by molar-refractivity contribution is -0.659. The van der Waals surface area contributed by atoms with Crippen LogP contribution in [0.15, 0.2) is 30.3 Å². The van der Waals surface area contributed by atoms with Crippen LogP contribution < -0.4 is 10.6 Å². The molecule has 0 unspecified atom stereocenters. The molecule has 3 rings (SSSR count). The van der Waals surface area contributed by atoms with Gasteiger partial charge in [0.05, 0.1) is 25.3 Å². The maximum absolute atomic E-state index is 12.6. The van der Waals surface area contributed by atoms with Crippen molar-refractivity contribution in [1.29, 1.82) is 0 Å². The fourth-order valence-electron chi connectivity index (χ4n) is 3.44. The Balaban J connectivity index is 1.70. The van der Waals surface area contributed by atoms with Crippen LogP contribution in [0.3, 0.4) is 0 Å². The van der Waals surface area contributed by atoms with Crippen LogP contribution in [0.25, 0.3) is 0 Å². The van der Waals surface area contributed by atoms with Crippen molar-refractivity contribution in [3.05, 3.63) is 51.9 Å². The maximum atomic E-state index is 12.6. The van der Waals surface area contributed by atoms with Crippen LogP contribution in [0.4, 0.5) is 9.80 Å². The molecule has 0 fully saturated rings. The quantitative estimate of drug-likeness (QED) is 0.605. The van der Waals surface area contributed by atoms with Crippen molar-refractivity contribution in [3.63, 3.8) is 0 Å². The van der Waals surface area contributed by atoms with Gasteiger partial charge in [0.25, 0.3) is 5.91 Å². The van der Waals surface area contributed by atoms with Gasteiger partial charge in [0.1, 0.15) is 11.5 Å². The molecule has 31 heavy (non-hydrogen) atoms. The molecule has 0 atom stereocenters. The van der Waals surface area contributed by atoms with E-state index in [-0.39, 0.29) is 25.2 Å². The number of fused-ring (bicyclic) bond motifs is 1. The fraction of sp³-hybridized carbons (Fsp3) is 0.409. The summed E-state index contributed by atoms with van der Waals surface area (Å²) in [5, 5.41) is 5.26. The number of carbonyl (C=O) groups is 3. The van der Waals surface area contributed by atoms with Crippen LogP contribution in [0.1, 0.15) is 40.2 Å². The number of amides is 2. The standard InChI is InChI=1S/C22H27N3O5S/c1-3-29-21(27)19-16-10-11-25(22(28)30-4-2)14-17(16)31-20(19)24-18(26)13-23-12-15-8-6-5-7-9-15/h5-9,23H,3-4,10-14H2,1-2H3,(H,24,26)/p+1. The minimum absolute atomic E-state index is 0.192. The summed E-state index contributed by atoms with van der Waals surface area (Å²) in [6.45, 7) is 5.78. The third-order valence-electron chi connectivity index (χ3n) is 4.87. The highest BCUT2D eigenvalue weighted by Crippen LogP contribution is 2.37. The van der Waals surface area contributed by atoms with Gasteiger partial charge in [-0.15, -0.1) is 11.3 Å². The Morgan fingerprint density at radius 1 is 1.13 bits per heavy atom. The summed E-state index contributed by atoms with van der Waals surface area (Å²) in [5.74, 6) is -0.643. The van der Waals surface area contributed by atoms with Crippen molar-refractivity contribution in [2.45, 2.75) is 33.4 Å². The van der Waals surface area contributed by atoms with Crippen LogP contribution in [0.5, 0.6) is 0 Å². The molecule has 2 amide bonds. The molecule has 8 nitrogen and oxygen atoms in total. The molecule has 1 aliphatic heterocycles. The minimum atomic E-state index is -0.451. The molecule has 2 heterocycles. The monoisotopic (exact) mass is 446 g/mol. The average Bonchev–Trinajstić information content (AvgIpc) is 3.11. The van der Waals surface area contributed by atoms with E-state index in [9.17, 15) is 14.4 Å². The number of thiophene rings is 1. The fourth-order valence-corrected chi connectivity index (χ4v) is 4.71. The summed E-state index contributed by atoms with van der Waals surface area (Å²) < 4.78 is 10.3. The van der Waals surface area contributed by atoms with Crippen molar-refractivity contribution < 1.29 is 29.2 Å². The number of anilines is 1. The third-order valence-corrected chi connectivity index (χ3v) is 6.00. The molecule has 0 bridgehead atoms. The highest BCUT2D eigenvalue weighted by molar-refractivity contribution is 7.17. The second kappa shape index (κ2) is 10.9. The number of nitrogens with one attached hydrogen (secondary N) is 1. The van der Waals surface area contributed by atoms with Gasteiger partial charge in [0.15, 0.2) is 6.54 Å². The smallest absolute Gasteiger partial charge is 0.410 e. The van der Waals surface area contributed by atoms with Crippen molar-refractivity contribution in [2.24, 2.45) is 0 Å². The Bertz CT molecular complexity index is 929. The van der Waals surface area contributed by atoms with E-state index in [1.807, 2.05) is 35.6 Å². The molecule has 0 saturated carbocycles. The van der Waals surface area contributed by atoms with Gasteiger partial charge in [-0.25, -0.2) is 9.59 Å². The lowest BCUT2D eigenvalue weighted by atomic mass is 10.0. The second-order valence-corrected chi connectivity index (χ2v) is 8.13. The van der Waals surface area contributed by atoms with Gasteiger partial charge in [-0.05, 0) is 25.8 Å². The Labute approximate surface area is 185 Å². The number of carbonyl (C=O) groups excluding carboxylic acids is 3. The molecule has 3 N–H and O–H groups in total. The molecule has 0 radical (unpaired) electrons. The van der Waals surface area contributed by atoms with Crippen LogP contribution >= 0.6 is 11.3 Å². The van der Waals surface area contributed by atoms with E-state index in [4.69, 9.17) is 9.47 Å². The first-order valence-electron chi connectivity index (χ1n) is 10.4. The number of hydrogen-bond donors (Lipinski definition) is 2. The molecule has 1 aromatic carbocycles. The van der Waals surface area contributed by atoms with Crippen LogP contribution in [0, 0.1) is 0 Å². The van der Waals surface area contributed by atoms with Crippen LogP contribution in [0.2, 0.25) is 0 Å². The molecule has 1 aliphatic rings. The highest BCUT2D eigenvalue weighted by Gasteiger charge is 2.31. The Morgan fingerprint density at radius 2 is 1.87 bits per heavy atom. The maximum Gasteiger partial charge on any atom is 0.410 e. The van der Waals surface area contributed by atoms with E-state index in [0.29, 0.717) is 43.2 Å². The molecule has 166 valence electrons. The van der Waals surface area contributed by atoms with Gasteiger partial charge < -0.3 is 25.0 Å². The summed E-state index contributed by atoms with van der Waals surface area (Å²) in [6.07, 6.45) is 0.134. The average molecular weight is 447 g/mol. The lowest BCUT2D eigenvalue weighted by Crippen LogP contribution is -2.84. The highest BCUT2D eigenvalue weighted by atomic mass is 32.1. The van der Waals surface area contributed by atoms with Gasteiger partial charge in [-0.3, -0.25) is 4.79 Å². The summed E-state index contributed by atoms with van der Waals surface area (Å²) in [5.41, 5.74) is 2.38. The van der Waals surface area contributed by atoms with Gasteiger partial charge in [-0.2, -0.15) is 0 Å². The number of esters is 1. The van der Waals surface area contributed by atoms with Crippen molar-refractivity contribution in [2.75, 3.05) is 31.6 Å². The Hall–Kier alpha value is -2.91. The Morgan fingerprint density at radius 3 is 2.58 bits per heavy atom. The van der Waals surface area contributed by atoms with Crippen molar-refractivity contribution in [1.82, 2.24) is 4.90 Å². The van der Waals surface area contributed by atoms with E-state index in [0.717, 1.165) is 16.0 Å². The second-order valence-electron chi connectivity index (χ2n) is 7.03.